The number of piperidine rings is 1. The number of fused-ring (bicyclic) bond motifs is 4. The van der Waals surface area contributed by atoms with Crippen molar-refractivity contribution >= 4 is 34.9 Å². The largest absolute Gasteiger partial charge is 0.366 e. The molecule has 3 aromatic rings. The number of benzene rings is 3. The summed E-state index contributed by atoms with van der Waals surface area (Å²) in [6.45, 7) is 5.12. The summed E-state index contributed by atoms with van der Waals surface area (Å²) in [6.07, 6.45) is 1.18. The fraction of sp³-hybridized carbons (Fsp3) is 0.300. The number of rotatable bonds is 2. The molecule has 4 amide bonds. The average molecular weight is 480 g/mol. The molecule has 0 bridgehead atoms. The van der Waals surface area contributed by atoms with Gasteiger partial charge in [-0.15, -0.1) is 0 Å². The molecule has 6 rings (SSSR count). The number of amides is 4. The molecule has 36 heavy (non-hydrogen) atoms. The van der Waals surface area contributed by atoms with Crippen molar-refractivity contribution in [2.45, 2.75) is 32.7 Å². The number of urea groups is 1. The summed E-state index contributed by atoms with van der Waals surface area (Å²) in [4.78, 5) is 47.9. The number of nitrogens with zero attached hydrogens (tertiary/aromatic N) is 3. The third-order valence-electron chi connectivity index (χ3n) is 8.01. The van der Waals surface area contributed by atoms with E-state index in [-0.39, 0.29) is 18.4 Å². The number of carbonyl (C=O) groups excluding carboxylic acids is 3. The zero-order chi connectivity index (χ0) is 25.0. The third-order valence-corrected chi connectivity index (χ3v) is 8.01. The first kappa shape index (κ1) is 22.5. The summed E-state index contributed by atoms with van der Waals surface area (Å²) in [7, 11) is 0. The molecule has 0 aromatic heterocycles. The molecule has 0 saturated carbocycles. The van der Waals surface area contributed by atoms with Crippen LogP contribution in [0.4, 0.5) is 21.9 Å². The first-order valence-corrected chi connectivity index (χ1v) is 12.6. The number of hydrogen-bond acceptors (Lipinski definition) is 4. The van der Waals surface area contributed by atoms with Gasteiger partial charge in [0, 0.05) is 12.2 Å². The average Bonchev–Trinajstić information content (AvgIpc) is 2.88. The molecule has 2 saturated heterocycles. The first-order valence-electron chi connectivity index (χ1n) is 12.6. The molecule has 3 aromatic carbocycles. The molecular weight excluding hydrogens is 450 g/mol. The number of carbonyl (C=O) groups is 3. The zero-order valence-electron chi connectivity index (χ0n) is 20.5. The van der Waals surface area contributed by atoms with Crippen LogP contribution in [-0.2, 0) is 16.0 Å². The van der Waals surface area contributed by atoms with Crippen LogP contribution in [0, 0.1) is 17.3 Å². The lowest BCUT2D eigenvalue weighted by molar-refractivity contribution is -0.144. The minimum atomic E-state index is -1.42. The lowest BCUT2D eigenvalue weighted by Crippen LogP contribution is -2.75. The van der Waals surface area contributed by atoms with Gasteiger partial charge in [0.15, 0.2) is 5.41 Å². The molecule has 3 atom stereocenters. The highest BCUT2D eigenvalue weighted by atomic mass is 16.2. The maximum atomic E-state index is 14.6. The summed E-state index contributed by atoms with van der Waals surface area (Å²) in [5.74, 6) is -0.354. The molecule has 1 spiro atoms. The van der Waals surface area contributed by atoms with E-state index < -0.39 is 23.3 Å². The lowest BCUT2D eigenvalue weighted by atomic mass is 9.62. The van der Waals surface area contributed by atoms with E-state index >= 15 is 0 Å². The van der Waals surface area contributed by atoms with Crippen molar-refractivity contribution in [3.63, 3.8) is 0 Å². The number of anilines is 3. The molecule has 6 heteroatoms. The van der Waals surface area contributed by atoms with Gasteiger partial charge >= 0.3 is 6.03 Å². The Morgan fingerprint density at radius 2 is 1.25 bits per heavy atom. The minimum absolute atomic E-state index is 0.0819. The molecule has 6 nitrogen and oxygen atoms in total. The van der Waals surface area contributed by atoms with Crippen LogP contribution in [0.1, 0.15) is 25.8 Å². The third kappa shape index (κ3) is 3.13. The molecule has 3 aliphatic rings. The molecule has 3 aliphatic heterocycles. The highest BCUT2D eigenvalue weighted by molar-refractivity contribution is 6.39. The zero-order valence-corrected chi connectivity index (χ0v) is 20.5. The second-order valence-electron chi connectivity index (χ2n) is 10.4. The van der Waals surface area contributed by atoms with Crippen molar-refractivity contribution in [3.05, 3.63) is 90.5 Å². The van der Waals surface area contributed by atoms with E-state index in [0.717, 1.165) is 24.2 Å². The Balaban J connectivity index is 1.61. The molecule has 0 radical (unpaired) electrons. The van der Waals surface area contributed by atoms with E-state index in [1.54, 1.807) is 48.5 Å². The van der Waals surface area contributed by atoms with Crippen molar-refractivity contribution in [3.8, 4) is 0 Å². The Kier molecular flexibility index (Phi) is 5.21. The Labute approximate surface area is 211 Å². The molecule has 3 heterocycles. The second-order valence-corrected chi connectivity index (χ2v) is 10.4. The molecule has 0 aliphatic carbocycles. The van der Waals surface area contributed by atoms with Crippen molar-refractivity contribution in [1.82, 2.24) is 0 Å². The fourth-order valence-corrected chi connectivity index (χ4v) is 6.72. The quantitative estimate of drug-likeness (QED) is 0.469. The Morgan fingerprint density at radius 3 is 1.83 bits per heavy atom. The van der Waals surface area contributed by atoms with Crippen LogP contribution in [0.2, 0.25) is 0 Å². The summed E-state index contributed by atoms with van der Waals surface area (Å²) in [5, 5.41) is 0. The van der Waals surface area contributed by atoms with Gasteiger partial charge in [0.05, 0.1) is 17.4 Å². The van der Waals surface area contributed by atoms with Crippen LogP contribution in [0.5, 0.6) is 0 Å². The number of para-hydroxylation sites is 3. The summed E-state index contributed by atoms with van der Waals surface area (Å²) in [5.41, 5.74) is 1.58. The van der Waals surface area contributed by atoms with Gasteiger partial charge in [-0.3, -0.25) is 9.59 Å². The molecule has 2 fully saturated rings. The molecule has 182 valence electrons. The van der Waals surface area contributed by atoms with E-state index in [1.165, 1.54) is 9.80 Å². The summed E-state index contributed by atoms with van der Waals surface area (Å²) < 4.78 is 0. The van der Waals surface area contributed by atoms with Crippen LogP contribution in [0.3, 0.4) is 0 Å². The van der Waals surface area contributed by atoms with Crippen molar-refractivity contribution in [1.29, 1.82) is 0 Å². The van der Waals surface area contributed by atoms with Crippen LogP contribution < -0.4 is 14.7 Å². The van der Waals surface area contributed by atoms with Crippen molar-refractivity contribution in [2.75, 3.05) is 21.2 Å². The maximum absolute atomic E-state index is 14.6. The second kappa shape index (κ2) is 8.33. The Hall–Kier alpha value is -3.93. The molecular formula is C30H29N3O3. The van der Waals surface area contributed by atoms with Gasteiger partial charge in [0.25, 0.3) is 11.8 Å². The van der Waals surface area contributed by atoms with Crippen LogP contribution in [0.15, 0.2) is 84.9 Å². The van der Waals surface area contributed by atoms with E-state index in [2.05, 4.69) is 24.8 Å². The van der Waals surface area contributed by atoms with Gasteiger partial charge in [0.2, 0.25) is 0 Å². The highest BCUT2D eigenvalue weighted by Gasteiger charge is 2.66. The highest BCUT2D eigenvalue weighted by Crippen LogP contribution is 2.52. The van der Waals surface area contributed by atoms with E-state index in [4.69, 9.17) is 0 Å². The van der Waals surface area contributed by atoms with Gasteiger partial charge in [-0.2, -0.15) is 0 Å². The monoisotopic (exact) mass is 479 g/mol. The van der Waals surface area contributed by atoms with Crippen molar-refractivity contribution in [2.24, 2.45) is 17.3 Å². The number of barbiturate groups is 1. The topological polar surface area (TPSA) is 60.9 Å². The summed E-state index contributed by atoms with van der Waals surface area (Å²) >= 11 is 0. The van der Waals surface area contributed by atoms with Gasteiger partial charge in [0.1, 0.15) is 0 Å². The van der Waals surface area contributed by atoms with E-state index in [0.29, 0.717) is 17.3 Å². The van der Waals surface area contributed by atoms with Gasteiger partial charge in [-0.25, -0.2) is 14.6 Å². The standard InChI is InChI=1S/C30H29N3O3/c1-20-17-21(2)26-30(18-22-11-9-10-16-25(22)31(26)19-20)27(34)32(23-12-5-3-6-13-23)29(36)33(28(30)35)24-14-7-4-8-15-24/h3-16,20-21,26H,17-19H2,1-2H3/t20-,21-,26+/m0/s1. The first-order chi connectivity index (χ1) is 17.4. The summed E-state index contributed by atoms with van der Waals surface area (Å²) in [6, 6.07) is 25.0. The maximum Gasteiger partial charge on any atom is 0.342 e. The predicted octanol–water partition coefficient (Wildman–Crippen LogP) is 5.28. The normalized spacial score (nSPS) is 25.1. The van der Waals surface area contributed by atoms with Crippen LogP contribution >= 0.6 is 0 Å². The molecule has 0 unspecified atom stereocenters. The lowest BCUT2D eigenvalue weighted by Gasteiger charge is -2.58. The molecule has 0 N–H and O–H groups in total. The smallest absolute Gasteiger partial charge is 0.342 e. The number of hydrogen-bond donors (Lipinski definition) is 0. The SMILES string of the molecule is C[C@H]1C[C@H](C)[C@H]2N(C1)c1ccccc1CC21C(=O)N(c2ccccc2)C(=O)N(c2ccccc2)C1=O. The van der Waals surface area contributed by atoms with Gasteiger partial charge in [-0.05, 0) is 60.6 Å². The Bertz CT molecular complexity index is 1280. The van der Waals surface area contributed by atoms with Crippen molar-refractivity contribution < 1.29 is 14.4 Å². The minimum Gasteiger partial charge on any atom is -0.366 e. The fourth-order valence-electron chi connectivity index (χ4n) is 6.72. The van der Waals surface area contributed by atoms with E-state index in [9.17, 15) is 14.4 Å². The van der Waals surface area contributed by atoms with E-state index in [1.807, 2.05) is 30.3 Å². The van der Waals surface area contributed by atoms with Crippen LogP contribution in [0.25, 0.3) is 0 Å². The van der Waals surface area contributed by atoms with Crippen LogP contribution in [-0.4, -0.2) is 30.4 Å². The number of imide groups is 2. The van der Waals surface area contributed by atoms with Gasteiger partial charge in [-0.1, -0.05) is 68.4 Å². The predicted molar refractivity (Wildman–Crippen MR) is 140 cm³/mol. The Morgan fingerprint density at radius 1 is 0.722 bits per heavy atom. The van der Waals surface area contributed by atoms with Gasteiger partial charge < -0.3 is 4.90 Å².